The third-order valence-corrected chi connectivity index (χ3v) is 8.61. The fourth-order valence-corrected chi connectivity index (χ4v) is 6.73. The first-order chi connectivity index (χ1) is 19.3. The summed E-state index contributed by atoms with van der Waals surface area (Å²) < 4.78 is 6.13. The molecule has 1 fully saturated rings. The van der Waals surface area contributed by atoms with Crippen molar-refractivity contribution in [3.05, 3.63) is 83.1 Å². The lowest BCUT2D eigenvalue weighted by atomic mass is 9.96. The Labute approximate surface area is 238 Å². The Bertz CT molecular complexity index is 1440. The van der Waals surface area contributed by atoms with E-state index >= 15 is 0 Å². The second-order valence-corrected chi connectivity index (χ2v) is 11.2. The van der Waals surface area contributed by atoms with Gasteiger partial charge in [-0.15, -0.1) is 16.6 Å². The molecule has 2 atom stereocenters. The van der Waals surface area contributed by atoms with Gasteiger partial charge in [-0.05, 0) is 41.0 Å². The maximum Gasteiger partial charge on any atom is 0.356 e. The smallest absolute Gasteiger partial charge is 0.356 e. The first kappa shape index (κ1) is 27.6. The van der Waals surface area contributed by atoms with Gasteiger partial charge in [0.25, 0.3) is 5.91 Å². The molecule has 0 bridgehead atoms. The van der Waals surface area contributed by atoms with Crippen molar-refractivity contribution in [1.29, 1.82) is 0 Å². The van der Waals surface area contributed by atoms with Crippen LogP contribution >= 0.6 is 23.5 Å². The quantitative estimate of drug-likeness (QED) is 0.0909. The van der Waals surface area contributed by atoms with Crippen molar-refractivity contribution in [3.63, 3.8) is 0 Å². The Balaban J connectivity index is 1.50. The van der Waals surface area contributed by atoms with E-state index in [1.54, 1.807) is 0 Å². The zero-order valence-corrected chi connectivity index (χ0v) is 23.3. The van der Waals surface area contributed by atoms with E-state index in [1.165, 1.54) is 33.2 Å². The summed E-state index contributed by atoms with van der Waals surface area (Å²) in [4.78, 5) is 41.0. The topological polar surface area (TPSA) is 158 Å². The fourth-order valence-electron chi connectivity index (χ4n) is 4.39. The number of tetrazole rings is 1. The largest absolute Gasteiger partial charge is 0.448 e. The van der Waals surface area contributed by atoms with E-state index in [1.807, 2.05) is 74.5 Å². The van der Waals surface area contributed by atoms with Gasteiger partial charge in [0.2, 0.25) is 17.2 Å². The highest BCUT2D eigenvalue weighted by Crippen LogP contribution is 2.45. The van der Waals surface area contributed by atoms with Crippen LogP contribution < -0.4 is 11.1 Å². The number of nitrogens with zero attached hydrogens (tertiary/aromatic N) is 6. The molecule has 1 aromatic heterocycles. The molecule has 0 spiro atoms. The lowest BCUT2D eigenvalue weighted by Crippen LogP contribution is -2.83. The summed E-state index contributed by atoms with van der Waals surface area (Å²) >= 11 is 2.62. The van der Waals surface area contributed by atoms with Gasteiger partial charge in [-0.25, -0.2) is 4.79 Å². The highest BCUT2D eigenvalue weighted by Gasteiger charge is 2.63. The molecular formula is C26H26N8O4S2. The molecule has 3 aromatic rings. The van der Waals surface area contributed by atoms with Crippen molar-refractivity contribution < 1.29 is 19.1 Å². The molecule has 5 rings (SSSR count). The monoisotopic (exact) mass is 578 g/mol. The third-order valence-electron chi connectivity index (χ3n) is 6.20. The van der Waals surface area contributed by atoms with E-state index in [9.17, 15) is 14.4 Å². The van der Waals surface area contributed by atoms with Gasteiger partial charge in [-0.3, -0.25) is 20.2 Å². The number of carbonyl (C=O) groups is 3. The maximum atomic E-state index is 14.0. The van der Waals surface area contributed by atoms with Crippen LogP contribution in [0.1, 0.15) is 31.1 Å². The van der Waals surface area contributed by atoms with Crippen LogP contribution in [0.15, 0.2) is 82.2 Å². The van der Waals surface area contributed by atoms with Crippen molar-refractivity contribution in [1.82, 2.24) is 30.5 Å². The minimum Gasteiger partial charge on any atom is -0.448 e. The lowest BCUT2D eigenvalue weighted by Gasteiger charge is -2.55. The van der Waals surface area contributed by atoms with E-state index in [0.717, 1.165) is 16.8 Å². The summed E-state index contributed by atoms with van der Waals surface area (Å²) in [6.07, 6.45) is -0.328. The van der Waals surface area contributed by atoms with Crippen molar-refractivity contribution in [2.24, 2.45) is 10.8 Å². The molecule has 40 heavy (non-hydrogen) atoms. The second-order valence-electron chi connectivity index (χ2n) is 9.22. The number of hydrogen-bond donors (Lipinski definition) is 2. The van der Waals surface area contributed by atoms with Gasteiger partial charge in [-0.2, -0.15) is 5.10 Å². The van der Waals surface area contributed by atoms with E-state index in [4.69, 9.17) is 10.5 Å². The molecule has 2 aliphatic heterocycles. The normalized spacial score (nSPS) is 20.1. The number of thioether (sulfide) groups is 2. The Morgan fingerprint density at radius 3 is 2.48 bits per heavy atom. The van der Waals surface area contributed by atoms with E-state index < -0.39 is 29.0 Å². The number of rotatable bonds is 10. The third kappa shape index (κ3) is 5.24. The number of nitrogens with two attached hydrogens (primary N) is 1. The van der Waals surface area contributed by atoms with Gasteiger partial charge < -0.3 is 10.1 Å². The fraction of sp³-hybridized carbons (Fsp3) is 0.269. The molecule has 14 heteroatoms. The van der Waals surface area contributed by atoms with E-state index in [-0.39, 0.29) is 11.4 Å². The van der Waals surface area contributed by atoms with Gasteiger partial charge in [0, 0.05) is 17.2 Å². The molecule has 2 amide bonds. The Kier molecular flexibility index (Phi) is 8.00. The number of aromatic nitrogens is 4. The molecule has 0 unspecified atom stereocenters. The zero-order valence-electron chi connectivity index (χ0n) is 21.6. The molecule has 12 nitrogen and oxygen atoms in total. The Hall–Kier alpha value is -4.01. The predicted octanol–water partition coefficient (Wildman–Crippen LogP) is 1.91. The minimum atomic E-state index is -1.62. The average Bonchev–Trinajstić information content (AvgIpc) is 3.40. The highest BCUT2D eigenvalue weighted by molar-refractivity contribution is 8.01. The summed E-state index contributed by atoms with van der Waals surface area (Å²) in [6.45, 7) is 3.64. The van der Waals surface area contributed by atoms with E-state index in [0.29, 0.717) is 22.9 Å². The predicted molar refractivity (Wildman–Crippen MR) is 150 cm³/mol. The highest BCUT2D eigenvalue weighted by atomic mass is 32.2. The SMILES string of the molecule is CC(C)=Nn1nnnc1SCC1=C(C(=O)OC(c2ccccc2)c2ccccc2)N2C(=O)[C@](N)(NC=O)[C@H]2SC1. The Morgan fingerprint density at radius 1 is 1.23 bits per heavy atom. The van der Waals surface area contributed by atoms with Crippen LogP contribution in [0, 0.1) is 0 Å². The van der Waals surface area contributed by atoms with Crippen LogP contribution in [0.3, 0.4) is 0 Å². The molecule has 206 valence electrons. The average molecular weight is 579 g/mol. The molecule has 3 N–H and O–H groups in total. The van der Waals surface area contributed by atoms with Crippen LogP contribution in [-0.2, 0) is 19.1 Å². The maximum absolute atomic E-state index is 14.0. The summed E-state index contributed by atoms with van der Waals surface area (Å²) in [5, 5.41) is 18.0. The van der Waals surface area contributed by atoms with Crippen LogP contribution in [-0.4, -0.2) is 71.8 Å². The van der Waals surface area contributed by atoms with Crippen LogP contribution in [0.5, 0.6) is 0 Å². The molecule has 2 aliphatic rings. The first-order valence-electron chi connectivity index (χ1n) is 12.2. The molecule has 1 saturated heterocycles. The number of nitrogens with one attached hydrogen (secondary N) is 1. The summed E-state index contributed by atoms with van der Waals surface area (Å²) in [5.41, 5.74) is 7.67. The van der Waals surface area contributed by atoms with Crippen molar-refractivity contribution in [2.45, 2.75) is 36.1 Å². The number of ether oxygens (including phenoxy) is 1. The van der Waals surface area contributed by atoms with Gasteiger partial charge >= 0.3 is 5.97 Å². The number of esters is 1. The van der Waals surface area contributed by atoms with Crippen molar-refractivity contribution in [3.8, 4) is 0 Å². The number of hydrogen-bond acceptors (Lipinski definition) is 11. The summed E-state index contributed by atoms with van der Waals surface area (Å²) in [6, 6.07) is 18.7. The molecule has 3 heterocycles. The number of benzene rings is 2. The molecule has 0 saturated carbocycles. The summed E-state index contributed by atoms with van der Waals surface area (Å²) in [7, 11) is 0. The summed E-state index contributed by atoms with van der Waals surface area (Å²) in [5.74, 6) is -0.628. The van der Waals surface area contributed by atoms with Gasteiger partial charge in [0.05, 0.1) is 0 Å². The number of amides is 2. The minimum absolute atomic E-state index is 0.0982. The number of β-lactam (4-membered cyclic amide) rings is 1. The first-order valence-corrected chi connectivity index (χ1v) is 14.3. The van der Waals surface area contributed by atoms with Crippen LogP contribution in [0.2, 0.25) is 0 Å². The Morgan fingerprint density at radius 2 is 1.88 bits per heavy atom. The molecule has 2 aromatic carbocycles. The van der Waals surface area contributed by atoms with E-state index in [2.05, 4.69) is 25.9 Å². The number of fused-ring (bicyclic) bond motifs is 1. The van der Waals surface area contributed by atoms with Crippen LogP contribution in [0.25, 0.3) is 0 Å². The van der Waals surface area contributed by atoms with Crippen LogP contribution in [0.4, 0.5) is 0 Å². The standard InChI is InChI=1S/C26H26N8O4S2/c1-16(2)30-34-25(29-31-32-34)40-14-19-13-39-24-26(27,28-15-35)23(37)33(24)20(19)22(36)38-21(17-9-5-3-6-10-17)18-11-7-4-8-12-18/h3-12,15,21,24H,13-14,27H2,1-2H3,(H,28,35)/t24-,26+/m1/s1. The van der Waals surface area contributed by atoms with Gasteiger partial charge in [0.15, 0.2) is 6.10 Å². The van der Waals surface area contributed by atoms with Gasteiger partial charge in [0.1, 0.15) is 11.1 Å². The second kappa shape index (κ2) is 11.6. The molecular weight excluding hydrogens is 552 g/mol. The lowest BCUT2D eigenvalue weighted by molar-refractivity contribution is -0.160. The zero-order chi connectivity index (χ0) is 28.3. The number of carbonyl (C=O) groups excluding carboxylic acids is 3. The van der Waals surface area contributed by atoms with Crippen molar-refractivity contribution in [2.75, 3.05) is 11.5 Å². The molecule has 0 aliphatic carbocycles. The van der Waals surface area contributed by atoms with Gasteiger partial charge in [-0.1, -0.05) is 77.5 Å². The van der Waals surface area contributed by atoms with Crippen molar-refractivity contribution >= 4 is 47.5 Å². The molecule has 0 radical (unpaired) electrons.